The van der Waals surface area contributed by atoms with Crippen molar-refractivity contribution in [3.8, 4) is 0 Å². The quantitative estimate of drug-likeness (QED) is 0.934. The fourth-order valence-electron chi connectivity index (χ4n) is 3.19. The molecule has 0 spiro atoms. The minimum atomic E-state index is 0.0312. The molecule has 110 valence electrons. The zero-order chi connectivity index (χ0) is 14.7. The van der Waals surface area contributed by atoms with E-state index in [1.54, 1.807) is 0 Å². The Labute approximate surface area is 125 Å². The van der Waals surface area contributed by atoms with Crippen LogP contribution < -0.4 is 5.32 Å². The molecule has 21 heavy (non-hydrogen) atoms. The highest BCUT2D eigenvalue weighted by molar-refractivity contribution is 5.98. The summed E-state index contributed by atoms with van der Waals surface area (Å²) in [6.45, 7) is 5.16. The Kier molecular flexibility index (Phi) is 4.20. The SMILES string of the molecule is CCN1CCCC1CNC(=O)c1ccc2ccccc2c1. The van der Waals surface area contributed by atoms with Gasteiger partial charge in [-0.05, 0) is 48.8 Å². The molecule has 2 aromatic carbocycles. The Morgan fingerprint density at radius 1 is 1.24 bits per heavy atom. The molecule has 3 rings (SSSR count). The van der Waals surface area contributed by atoms with Crippen LogP contribution in [0.5, 0.6) is 0 Å². The van der Waals surface area contributed by atoms with E-state index < -0.39 is 0 Å². The van der Waals surface area contributed by atoms with E-state index in [4.69, 9.17) is 0 Å². The zero-order valence-corrected chi connectivity index (χ0v) is 12.5. The van der Waals surface area contributed by atoms with Crippen LogP contribution in [0.3, 0.4) is 0 Å². The molecule has 2 aromatic rings. The number of amides is 1. The lowest BCUT2D eigenvalue weighted by molar-refractivity contribution is 0.0941. The third kappa shape index (κ3) is 3.08. The molecule has 0 bridgehead atoms. The summed E-state index contributed by atoms with van der Waals surface area (Å²) in [5, 5.41) is 5.37. The smallest absolute Gasteiger partial charge is 0.251 e. The number of likely N-dealkylation sites (N-methyl/N-ethyl adjacent to an activating group) is 1. The van der Waals surface area contributed by atoms with Gasteiger partial charge >= 0.3 is 0 Å². The van der Waals surface area contributed by atoms with Gasteiger partial charge in [0.2, 0.25) is 0 Å². The standard InChI is InChI=1S/C18H22N2O/c1-2-20-11-5-8-17(20)13-19-18(21)16-10-9-14-6-3-4-7-15(14)12-16/h3-4,6-7,9-10,12,17H,2,5,8,11,13H2,1H3,(H,19,21). The first-order chi connectivity index (χ1) is 10.3. The summed E-state index contributed by atoms with van der Waals surface area (Å²) in [4.78, 5) is 14.8. The highest BCUT2D eigenvalue weighted by Crippen LogP contribution is 2.17. The Hall–Kier alpha value is -1.87. The van der Waals surface area contributed by atoms with Crippen LogP contribution in [0.4, 0.5) is 0 Å². The van der Waals surface area contributed by atoms with Crippen molar-refractivity contribution in [1.82, 2.24) is 10.2 Å². The summed E-state index contributed by atoms with van der Waals surface area (Å²) in [5.74, 6) is 0.0312. The molecule has 1 aliphatic heterocycles. The van der Waals surface area contributed by atoms with E-state index in [0.29, 0.717) is 6.04 Å². The monoisotopic (exact) mass is 282 g/mol. The summed E-state index contributed by atoms with van der Waals surface area (Å²) in [6, 6.07) is 14.5. The van der Waals surface area contributed by atoms with Crippen LogP contribution >= 0.6 is 0 Å². The third-order valence-corrected chi connectivity index (χ3v) is 4.42. The minimum absolute atomic E-state index is 0.0312. The average molecular weight is 282 g/mol. The molecular weight excluding hydrogens is 260 g/mol. The normalized spacial score (nSPS) is 19.0. The molecule has 3 nitrogen and oxygen atoms in total. The van der Waals surface area contributed by atoms with Crippen molar-refractivity contribution in [2.24, 2.45) is 0 Å². The highest BCUT2D eigenvalue weighted by atomic mass is 16.1. The maximum Gasteiger partial charge on any atom is 0.251 e. The fraction of sp³-hybridized carbons (Fsp3) is 0.389. The van der Waals surface area contributed by atoms with Gasteiger partial charge in [0.1, 0.15) is 0 Å². The predicted octanol–water partition coefficient (Wildman–Crippen LogP) is 3.05. The van der Waals surface area contributed by atoms with Crippen LogP contribution in [0.25, 0.3) is 10.8 Å². The molecule has 0 aliphatic carbocycles. The molecule has 1 saturated heterocycles. The number of carbonyl (C=O) groups is 1. The van der Waals surface area contributed by atoms with Gasteiger partial charge in [-0.25, -0.2) is 0 Å². The van der Waals surface area contributed by atoms with E-state index in [9.17, 15) is 4.79 Å². The number of nitrogens with one attached hydrogen (secondary N) is 1. The van der Waals surface area contributed by atoms with E-state index in [1.807, 2.05) is 36.4 Å². The minimum Gasteiger partial charge on any atom is -0.350 e. The number of fused-ring (bicyclic) bond motifs is 1. The second kappa shape index (κ2) is 6.27. The lowest BCUT2D eigenvalue weighted by Gasteiger charge is -2.22. The first-order valence-corrected chi connectivity index (χ1v) is 7.79. The number of likely N-dealkylation sites (tertiary alicyclic amines) is 1. The van der Waals surface area contributed by atoms with Crippen molar-refractivity contribution < 1.29 is 4.79 Å². The molecular formula is C18H22N2O. The van der Waals surface area contributed by atoms with Crippen LogP contribution in [-0.2, 0) is 0 Å². The van der Waals surface area contributed by atoms with Gasteiger partial charge in [0.25, 0.3) is 5.91 Å². The van der Waals surface area contributed by atoms with Gasteiger partial charge < -0.3 is 5.32 Å². The summed E-state index contributed by atoms with van der Waals surface area (Å²) in [6.07, 6.45) is 2.43. The second-order valence-electron chi connectivity index (χ2n) is 5.70. The predicted molar refractivity (Wildman–Crippen MR) is 86.6 cm³/mol. The van der Waals surface area contributed by atoms with Gasteiger partial charge in [0, 0.05) is 18.2 Å². The van der Waals surface area contributed by atoms with Crippen molar-refractivity contribution in [1.29, 1.82) is 0 Å². The molecule has 1 atom stereocenters. The number of rotatable bonds is 4. The number of hydrogen-bond acceptors (Lipinski definition) is 2. The second-order valence-corrected chi connectivity index (χ2v) is 5.70. The zero-order valence-electron chi connectivity index (χ0n) is 12.5. The Balaban J connectivity index is 1.66. The number of hydrogen-bond donors (Lipinski definition) is 1. The topological polar surface area (TPSA) is 32.3 Å². The number of carbonyl (C=O) groups excluding carboxylic acids is 1. The number of nitrogens with zero attached hydrogens (tertiary/aromatic N) is 1. The van der Waals surface area contributed by atoms with Gasteiger partial charge in [-0.3, -0.25) is 9.69 Å². The van der Waals surface area contributed by atoms with Crippen LogP contribution in [0.2, 0.25) is 0 Å². The molecule has 0 saturated carbocycles. The van der Waals surface area contributed by atoms with Crippen molar-refractivity contribution in [2.75, 3.05) is 19.6 Å². The van der Waals surface area contributed by atoms with Gasteiger partial charge in [-0.1, -0.05) is 37.3 Å². The third-order valence-electron chi connectivity index (χ3n) is 4.42. The molecule has 1 fully saturated rings. The molecule has 0 radical (unpaired) electrons. The van der Waals surface area contributed by atoms with Gasteiger partial charge in [-0.2, -0.15) is 0 Å². The van der Waals surface area contributed by atoms with E-state index >= 15 is 0 Å². The van der Waals surface area contributed by atoms with Gasteiger partial charge in [-0.15, -0.1) is 0 Å². The van der Waals surface area contributed by atoms with E-state index in [0.717, 1.165) is 30.6 Å². The van der Waals surface area contributed by atoms with Crippen LogP contribution in [0.1, 0.15) is 30.1 Å². The van der Waals surface area contributed by atoms with Crippen LogP contribution in [0, 0.1) is 0 Å². The summed E-state index contributed by atoms with van der Waals surface area (Å²) >= 11 is 0. The summed E-state index contributed by atoms with van der Waals surface area (Å²) in [5.41, 5.74) is 0.745. The summed E-state index contributed by atoms with van der Waals surface area (Å²) < 4.78 is 0. The van der Waals surface area contributed by atoms with Crippen LogP contribution in [0.15, 0.2) is 42.5 Å². The Morgan fingerprint density at radius 2 is 2.05 bits per heavy atom. The molecule has 1 unspecified atom stereocenters. The maximum atomic E-state index is 12.3. The van der Waals surface area contributed by atoms with E-state index in [1.165, 1.54) is 18.2 Å². The molecule has 1 heterocycles. The highest BCUT2D eigenvalue weighted by Gasteiger charge is 2.23. The van der Waals surface area contributed by atoms with E-state index in [-0.39, 0.29) is 5.91 Å². The summed E-state index contributed by atoms with van der Waals surface area (Å²) in [7, 11) is 0. The van der Waals surface area contributed by atoms with Gasteiger partial charge in [0.15, 0.2) is 0 Å². The van der Waals surface area contributed by atoms with E-state index in [2.05, 4.69) is 23.2 Å². The Morgan fingerprint density at radius 3 is 2.86 bits per heavy atom. The fourth-order valence-corrected chi connectivity index (χ4v) is 3.19. The first-order valence-electron chi connectivity index (χ1n) is 7.79. The molecule has 0 aromatic heterocycles. The maximum absolute atomic E-state index is 12.3. The first kappa shape index (κ1) is 14.1. The lowest BCUT2D eigenvalue weighted by Crippen LogP contribution is -2.40. The molecule has 1 aliphatic rings. The van der Waals surface area contributed by atoms with Crippen LogP contribution in [-0.4, -0.2) is 36.5 Å². The molecule has 1 N–H and O–H groups in total. The van der Waals surface area contributed by atoms with Crippen molar-refractivity contribution in [3.05, 3.63) is 48.0 Å². The molecule has 1 amide bonds. The average Bonchev–Trinajstić information content (AvgIpc) is 2.99. The Bertz CT molecular complexity index is 638. The van der Waals surface area contributed by atoms with Crippen molar-refractivity contribution in [3.63, 3.8) is 0 Å². The lowest BCUT2D eigenvalue weighted by atomic mass is 10.1. The number of benzene rings is 2. The van der Waals surface area contributed by atoms with Crippen molar-refractivity contribution in [2.45, 2.75) is 25.8 Å². The largest absolute Gasteiger partial charge is 0.350 e. The molecule has 3 heteroatoms. The van der Waals surface area contributed by atoms with Gasteiger partial charge in [0.05, 0.1) is 0 Å². The van der Waals surface area contributed by atoms with Crippen molar-refractivity contribution >= 4 is 16.7 Å².